The van der Waals surface area contributed by atoms with Gasteiger partial charge in [0.15, 0.2) is 11.6 Å². The third-order valence-corrected chi connectivity index (χ3v) is 6.28. The summed E-state index contributed by atoms with van der Waals surface area (Å²) in [4.78, 5) is 24.9. The highest BCUT2D eigenvalue weighted by molar-refractivity contribution is 5.97. The van der Waals surface area contributed by atoms with Gasteiger partial charge in [0.25, 0.3) is 5.69 Å². The third-order valence-electron chi connectivity index (χ3n) is 6.28. The van der Waals surface area contributed by atoms with Gasteiger partial charge >= 0.3 is 0 Å². The molecule has 2 aromatic heterocycles. The number of benzene rings is 2. The molecule has 10 heteroatoms. The van der Waals surface area contributed by atoms with Gasteiger partial charge in [-0.25, -0.2) is 9.97 Å². The maximum atomic E-state index is 12.1. The molecule has 0 radical (unpaired) electrons. The van der Waals surface area contributed by atoms with Crippen molar-refractivity contribution in [3.63, 3.8) is 0 Å². The van der Waals surface area contributed by atoms with Crippen molar-refractivity contribution in [3.8, 4) is 28.4 Å². The van der Waals surface area contributed by atoms with Gasteiger partial charge in [0.1, 0.15) is 5.69 Å². The summed E-state index contributed by atoms with van der Waals surface area (Å²) in [6, 6.07) is 9.33. The number of nitro groups is 1. The molecule has 4 rings (SSSR count). The Morgan fingerprint density at radius 3 is 2.61 bits per heavy atom. The quantitative estimate of drug-likeness (QED) is 0.223. The van der Waals surface area contributed by atoms with Gasteiger partial charge in [-0.15, -0.1) is 0 Å². The van der Waals surface area contributed by atoms with Crippen LogP contribution in [-0.2, 0) is 7.05 Å². The fraction of sp³-hybridized carbons (Fsp3) is 0.308. The topological polar surface area (TPSA) is 116 Å². The molecule has 188 valence electrons. The SMILES string of the molecule is COc1c(N)cc([N+](=O)[O-])c(N(C)CCN(C)C)c1-c1nccc(-c2cn(C)c3c(C)cccc23)n1. The number of methoxy groups -OCH3 is 1. The van der Waals surface area contributed by atoms with Crippen LogP contribution in [0.4, 0.5) is 17.1 Å². The lowest BCUT2D eigenvalue weighted by atomic mass is 10.0. The number of hydrogen-bond donors (Lipinski definition) is 1. The van der Waals surface area contributed by atoms with E-state index in [0.717, 1.165) is 22.0 Å². The van der Waals surface area contributed by atoms with E-state index in [1.807, 2.05) is 56.3 Å². The van der Waals surface area contributed by atoms with E-state index in [1.165, 1.54) is 13.2 Å². The van der Waals surface area contributed by atoms with E-state index in [1.54, 1.807) is 6.20 Å². The zero-order valence-corrected chi connectivity index (χ0v) is 21.4. The Morgan fingerprint density at radius 2 is 1.94 bits per heavy atom. The molecule has 0 unspecified atom stereocenters. The first-order valence-corrected chi connectivity index (χ1v) is 11.5. The average Bonchev–Trinajstić information content (AvgIpc) is 3.19. The summed E-state index contributed by atoms with van der Waals surface area (Å²) in [7, 11) is 9.20. The Balaban J connectivity index is 1.97. The molecule has 0 spiro atoms. The van der Waals surface area contributed by atoms with Crippen LogP contribution in [0.2, 0.25) is 0 Å². The van der Waals surface area contributed by atoms with Crippen LogP contribution >= 0.6 is 0 Å². The summed E-state index contributed by atoms with van der Waals surface area (Å²) in [6.07, 6.45) is 3.69. The van der Waals surface area contributed by atoms with Gasteiger partial charge in [-0.1, -0.05) is 18.2 Å². The first kappa shape index (κ1) is 24.9. The molecule has 0 bridgehead atoms. The van der Waals surface area contributed by atoms with Crippen molar-refractivity contribution in [2.75, 3.05) is 52.0 Å². The molecule has 0 aliphatic heterocycles. The number of likely N-dealkylation sites (N-methyl/N-ethyl adjacent to an activating group) is 2. The Kier molecular flexibility index (Phi) is 6.80. The van der Waals surface area contributed by atoms with E-state index >= 15 is 0 Å². The molecule has 2 heterocycles. The van der Waals surface area contributed by atoms with E-state index < -0.39 is 4.92 Å². The van der Waals surface area contributed by atoms with E-state index in [2.05, 4.69) is 28.6 Å². The zero-order chi connectivity index (χ0) is 26.1. The standard InChI is InChI=1S/C26H31N7O3/c1-16-8-7-9-17-18(15-32(5)23(16)17)20-10-11-28-26(29-20)22-24(31(4)13-12-30(2)3)21(33(34)35)14-19(27)25(22)36-6/h7-11,14-15H,12-13,27H2,1-6H3. The fourth-order valence-electron chi connectivity index (χ4n) is 4.58. The van der Waals surface area contributed by atoms with E-state index in [0.29, 0.717) is 41.6 Å². The van der Waals surface area contributed by atoms with E-state index in [4.69, 9.17) is 15.5 Å². The Hall–Kier alpha value is -4.18. The lowest BCUT2D eigenvalue weighted by Crippen LogP contribution is -2.29. The number of fused-ring (bicyclic) bond motifs is 1. The number of rotatable bonds is 8. The van der Waals surface area contributed by atoms with Crippen LogP contribution in [0.5, 0.6) is 5.75 Å². The summed E-state index contributed by atoms with van der Waals surface area (Å²) in [5.74, 6) is 0.606. The number of aryl methyl sites for hydroxylation is 2. The minimum Gasteiger partial charge on any atom is -0.494 e. The number of aromatic nitrogens is 3. The lowest BCUT2D eigenvalue weighted by Gasteiger charge is -2.25. The molecule has 0 saturated heterocycles. The molecule has 0 amide bonds. The Labute approximate surface area is 210 Å². The first-order valence-electron chi connectivity index (χ1n) is 11.5. The van der Waals surface area contributed by atoms with Gasteiger partial charge in [-0.3, -0.25) is 10.1 Å². The van der Waals surface area contributed by atoms with Crippen molar-refractivity contribution in [3.05, 3.63) is 58.4 Å². The molecular weight excluding hydrogens is 458 g/mol. The molecule has 0 atom stereocenters. The van der Waals surface area contributed by atoms with Crippen molar-refractivity contribution < 1.29 is 9.66 Å². The first-order chi connectivity index (χ1) is 17.1. The molecule has 36 heavy (non-hydrogen) atoms. The molecular formula is C26H31N7O3. The van der Waals surface area contributed by atoms with Gasteiger partial charge in [-0.2, -0.15) is 0 Å². The normalized spacial score (nSPS) is 11.3. The number of nitrogen functional groups attached to an aromatic ring is 1. The molecule has 2 aromatic carbocycles. The summed E-state index contributed by atoms with van der Waals surface area (Å²) in [5.41, 5.74) is 10.9. The predicted molar refractivity (Wildman–Crippen MR) is 144 cm³/mol. The van der Waals surface area contributed by atoms with Gasteiger partial charge in [0, 0.05) is 56.6 Å². The second kappa shape index (κ2) is 9.82. The maximum Gasteiger partial charge on any atom is 0.295 e. The highest BCUT2D eigenvalue weighted by atomic mass is 16.6. The fourth-order valence-corrected chi connectivity index (χ4v) is 4.58. The minimum absolute atomic E-state index is 0.126. The molecule has 0 saturated carbocycles. The summed E-state index contributed by atoms with van der Waals surface area (Å²) < 4.78 is 7.73. The monoisotopic (exact) mass is 489 g/mol. The molecule has 2 N–H and O–H groups in total. The van der Waals surface area contributed by atoms with Crippen LogP contribution in [0.1, 0.15) is 5.56 Å². The van der Waals surface area contributed by atoms with Crippen molar-refractivity contribution >= 4 is 28.0 Å². The number of para-hydroxylation sites is 1. The summed E-state index contributed by atoms with van der Waals surface area (Å²) in [6.45, 7) is 3.30. The number of nitrogens with two attached hydrogens (primary N) is 1. The number of nitro benzene ring substituents is 1. The predicted octanol–water partition coefficient (Wildman–Crippen LogP) is 4.11. The highest BCUT2D eigenvalue weighted by Crippen LogP contribution is 2.47. The smallest absolute Gasteiger partial charge is 0.295 e. The van der Waals surface area contributed by atoms with Gasteiger partial charge in [0.05, 0.1) is 34.5 Å². The lowest BCUT2D eigenvalue weighted by molar-refractivity contribution is -0.384. The van der Waals surface area contributed by atoms with Crippen LogP contribution in [0.3, 0.4) is 0 Å². The van der Waals surface area contributed by atoms with Crippen molar-refractivity contribution in [1.29, 1.82) is 0 Å². The molecule has 10 nitrogen and oxygen atoms in total. The second-order valence-corrected chi connectivity index (χ2v) is 9.11. The molecule has 0 fully saturated rings. The number of nitrogens with zero attached hydrogens (tertiary/aromatic N) is 6. The summed E-state index contributed by atoms with van der Waals surface area (Å²) >= 11 is 0. The van der Waals surface area contributed by atoms with Gasteiger partial charge in [0.2, 0.25) is 0 Å². The molecule has 4 aromatic rings. The minimum atomic E-state index is -0.432. The largest absolute Gasteiger partial charge is 0.494 e. The second-order valence-electron chi connectivity index (χ2n) is 9.11. The van der Waals surface area contributed by atoms with Crippen molar-refractivity contribution in [2.45, 2.75) is 6.92 Å². The molecule has 0 aliphatic carbocycles. The van der Waals surface area contributed by atoms with Crippen LogP contribution in [0.25, 0.3) is 33.5 Å². The van der Waals surface area contributed by atoms with Crippen molar-refractivity contribution in [1.82, 2.24) is 19.4 Å². The number of hydrogen-bond acceptors (Lipinski definition) is 8. The van der Waals surface area contributed by atoms with E-state index in [-0.39, 0.29) is 11.4 Å². The van der Waals surface area contributed by atoms with Crippen LogP contribution in [-0.4, -0.2) is 65.7 Å². The number of anilines is 2. The zero-order valence-electron chi connectivity index (χ0n) is 21.4. The molecule has 0 aliphatic rings. The van der Waals surface area contributed by atoms with Crippen molar-refractivity contribution in [2.24, 2.45) is 7.05 Å². The van der Waals surface area contributed by atoms with Gasteiger partial charge < -0.3 is 24.8 Å². The Morgan fingerprint density at radius 1 is 1.19 bits per heavy atom. The van der Waals surface area contributed by atoms with E-state index in [9.17, 15) is 10.1 Å². The van der Waals surface area contributed by atoms with Crippen LogP contribution < -0.4 is 15.4 Å². The van der Waals surface area contributed by atoms with Crippen LogP contribution in [0.15, 0.2) is 42.7 Å². The third kappa shape index (κ3) is 4.42. The average molecular weight is 490 g/mol. The maximum absolute atomic E-state index is 12.1. The number of ether oxygens (including phenoxy) is 1. The van der Waals surface area contributed by atoms with Gasteiger partial charge in [-0.05, 0) is 32.6 Å². The Bertz CT molecular complexity index is 1450. The summed E-state index contributed by atoms with van der Waals surface area (Å²) in [5, 5.41) is 13.2. The highest BCUT2D eigenvalue weighted by Gasteiger charge is 2.30. The van der Waals surface area contributed by atoms with Crippen LogP contribution in [0, 0.1) is 17.0 Å².